The molecule has 0 radical (unpaired) electrons. The Balaban J connectivity index is 1.53. The molecular weight excluding hydrogens is 520 g/mol. The zero-order valence-corrected chi connectivity index (χ0v) is 22.7. The van der Waals surface area contributed by atoms with Gasteiger partial charge in [0, 0.05) is 24.2 Å². The first-order valence-corrected chi connectivity index (χ1v) is 13.9. The molecule has 0 unspecified atom stereocenters. The number of carbonyl (C=O) groups is 2. The first kappa shape index (κ1) is 29.8. The summed E-state index contributed by atoms with van der Waals surface area (Å²) in [4.78, 5) is 23.5. The Labute approximate surface area is 228 Å². The number of phenolic OH excluding ortho intramolecular Hbond substituents is 1. The highest BCUT2D eigenvalue weighted by molar-refractivity contribution is 7.89. The molecule has 3 aromatic rings. The van der Waals surface area contributed by atoms with Crippen molar-refractivity contribution in [2.24, 2.45) is 5.14 Å². The van der Waals surface area contributed by atoms with Gasteiger partial charge >= 0.3 is 0 Å². The first-order chi connectivity index (χ1) is 18.4. The first-order valence-electron chi connectivity index (χ1n) is 12.3. The van der Waals surface area contributed by atoms with Gasteiger partial charge in [0.2, 0.25) is 16.4 Å². The van der Waals surface area contributed by atoms with Gasteiger partial charge in [-0.15, -0.1) is 0 Å². The number of sulfonamides is 1. The topological polar surface area (TPSA) is 171 Å². The predicted octanol–water partition coefficient (Wildman–Crippen LogP) is 2.22. The molecule has 39 heavy (non-hydrogen) atoms. The van der Waals surface area contributed by atoms with E-state index in [1.165, 1.54) is 24.3 Å². The van der Waals surface area contributed by atoms with Gasteiger partial charge in [0.1, 0.15) is 5.75 Å². The van der Waals surface area contributed by atoms with Crippen molar-refractivity contribution in [2.75, 3.05) is 18.4 Å². The van der Waals surface area contributed by atoms with Crippen LogP contribution in [0.2, 0.25) is 0 Å². The fraction of sp³-hybridized carbons (Fsp3) is 0.286. The van der Waals surface area contributed by atoms with Crippen molar-refractivity contribution in [3.05, 3.63) is 89.0 Å². The van der Waals surface area contributed by atoms with E-state index in [9.17, 15) is 28.2 Å². The largest absolute Gasteiger partial charge is 0.506 e. The molecule has 0 aliphatic carbocycles. The van der Waals surface area contributed by atoms with Crippen LogP contribution in [-0.4, -0.2) is 49.6 Å². The highest BCUT2D eigenvalue weighted by Gasteiger charge is 2.21. The summed E-state index contributed by atoms with van der Waals surface area (Å²) in [7, 11) is -3.74. The second-order valence-corrected chi connectivity index (χ2v) is 11.5. The number of anilines is 1. The van der Waals surface area contributed by atoms with Crippen molar-refractivity contribution in [1.82, 2.24) is 10.6 Å². The van der Waals surface area contributed by atoms with Gasteiger partial charge in [0.25, 0.3) is 5.91 Å². The molecule has 11 heteroatoms. The van der Waals surface area contributed by atoms with Gasteiger partial charge in [-0.1, -0.05) is 30.3 Å². The smallest absolute Gasteiger partial charge is 0.251 e. The van der Waals surface area contributed by atoms with Gasteiger partial charge in [0.15, 0.2) is 0 Å². The minimum absolute atomic E-state index is 0.0420. The normalized spacial score (nSPS) is 12.5. The van der Waals surface area contributed by atoms with E-state index in [1.54, 1.807) is 24.3 Å². The van der Waals surface area contributed by atoms with Crippen molar-refractivity contribution >= 4 is 28.0 Å². The lowest BCUT2D eigenvalue weighted by atomic mass is 9.93. The predicted molar refractivity (Wildman–Crippen MR) is 149 cm³/mol. The highest BCUT2D eigenvalue weighted by atomic mass is 32.2. The Morgan fingerprint density at radius 3 is 2.44 bits per heavy atom. The molecule has 0 aliphatic heterocycles. The number of hydrogen-bond acceptors (Lipinski definition) is 7. The van der Waals surface area contributed by atoms with Gasteiger partial charge in [0.05, 0.1) is 16.7 Å². The molecule has 10 nitrogen and oxygen atoms in total. The third-order valence-corrected chi connectivity index (χ3v) is 7.11. The molecule has 3 rings (SSSR count). The Kier molecular flexibility index (Phi) is 9.81. The average Bonchev–Trinajstić information content (AvgIpc) is 2.88. The number of rotatable bonds is 13. The quantitative estimate of drug-likeness (QED) is 0.139. The lowest BCUT2D eigenvalue weighted by Gasteiger charge is -2.28. The maximum Gasteiger partial charge on any atom is 0.251 e. The van der Waals surface area contributed by atoms with E-state index in [0.29, 0.717) is 36.9 Å². The third kappa shape index (κ3) is 8.89. The molecular formula is C28H34N4O6S. The molecule has 2 amide bonds. The van der Waals surface area contributed by atoms with Crippen LogP contribution in [0.4, 0.5) is 5.69 Å². The molecule has 0 bridgehead atoms. The minimum atomic E-state index is -3.74. The van der Waals surface area contributed by atoms with E-state index in [1.807, 2.05) is 32.0 Å². The second kappa shape index (κ2) is 12.9. The van der Waals surface area contributed by atoms with E-state index in [4.69, 9.17) is 5.14 Å². The molecule has 0 saturated heterocycles. The highest BCUT2D eigenvalue weighted by Crippen LogP contribution is 2.27. The zero-order valence-electron chi connectivity index (χ0n) is 21.8. The number of nitrogens with one attached hydrogen (secondary N) is 3. The molecule has 0 fully saturated rings. The van der Waals surface area contributed by atoms with Crippen LogP contribution in [0.25, 0.3) is 0 Å². The molecule has 3 aromatic carbocycles. The summed E-state index contributed by atoms with van der Waals surface area (Å²) in [5, 5.41) is 34.2. The van der Waals surface area contributed by atoms with Crippen molar-refractivity contribution in [3.63, 3.8) is 0 Å². The van der Waals surface area contributed by atoms with Crippen LogP contribution in [0.5, 0.6) is 5.75 Å². The van der Waals surface area contributed by atoms with Crippen molar-refractivity contribution in [2.45, 2.75) is 43.2 Å². The molecule has 0 aliphatic rings. The van der Waals surface area contributed by atoms with Crippen molar-refractivity contribution in [3.8, 4) is 5.75 Å². The van der Waals surface area contributed by atoms with Crippen LogP contribution in [0.1, 0.15) is 47.0 Å². The zero-order chi connectivity index (χ0) is 28.6. The van der Waals surface area contributed by atoms with E-state index < -0.39 is 21.7 Å². The van der Waals surface area contributed by atoms with Crippen LogP contribution >= 0.6 is 0 Å². The van der Waals surface area contributed by atoms with Gasteiger partial charge in [-0.05, 0) is 79.8 Å². The fourth-order valence-electron chi connectivity index (χ4n) is 4.09. The van der Waals surface area contributed by atoms with Crippen LogP contribution in [-0.2, 0) is 27.7 Å². The number of aromatic hydroxyl groups is 1. The number of aliphatic hydroxyl groups is 1. The van der Waals surface area contributed by atoms with Crippen LogP contribution in [0, 0.1) is 0 Å². The van der Waals surface area contributed by atoms with E-state index >= 15 is 0 Å². The number of carbonyl (C=O) groups excluding carboxylic acids is 2. The maximum atomic E-state index is 12.7. The van der Waals surface area contributed by atoms with Crippen LogP contribution in [0.3, 0.4) is 0 Å². The fourth-order valence-corrected chi connectivity index (χ4v) is 4.61. The summed E-state index contributed by atoms with van der Waals surface area (Å²) in [6, 6.07) is 18.1. The number of β-amino-alcohol motifs (C(OH)–C–C–N with tert-alkyl or cyclic N) is 1. The van der Waals surface area contributed by atoms with Gasteiger partial charge in [-0.2, -0.15) is 0 Å². The number of nitrogens with two attached hydrogens (primary N) is 1. The monoisotopic (exact) mass is 554 g/mol. The Hall–Kier alpha value is -3.77. The number of hydrogen-bond donors (Lipinski definition) is 6. The molecule has 0 heterocycles. The Morgan fingerprint density at radius 2 is 1.77 bits per heavy atom. The molecule has 0 spiro atoms. The minimum Gasteiger partial charge on any atom is -0.506 e. The second-order valence-electron chi connectivity index (χ2n) is 9.89. The van der Waals surface area contributed by atoms with E-state index in [2.05, 4.69) is 16.0 Å². The van der Waals surface area contributed by atoms with Gasteiger partial charge in [-0.3, -0.25) is 9.59 Å². The summed E-state index contributed by atoms with van der Waals surface area (Å²) >= 11 is 0. The molecule has 0 aromatic heterocycles. The summed E-state index contributed by atoms with van der Waals surface area (Å²) in [6.07, 6.45) is 0.706. The summed E-state index contributed by atoms with van der Waals surface area (Å²) in [5.41, 5.74) is 2.67. The molecule has 7 N–H and O–H groups in total. The third-order valence-electron chi connectivity index (χ3n) is 6.18. The number of benzene rings is 3. The van der Waals surface area contributed by atoms with Crippen molar-refractivity contribution < 1.29 is 28.2 Å². The Bertz CT molecular complexity index is 1410. The summed E-state index contributed by atoms with van der Waals surface area (Å²) in [6.45, 7) is 4.59. The van der Waals surface area contributed by atoms with E-state index in [-0.39, 0.29) is 28.8 Å². The van der Waals surface area contributed by atoms with Crippen molar-refractivity contribution in [1.29, 1.82) is 0 Å². The SMILES string of the molecule is CC(C)(Cc1cccc(C(=O)NCCc2ccc(S(N)(=O)=O)cc2)c1)NC[C@H](O)c1ccc(O)c(NC=O)c1. The number of aliphatic hydroxyl groups excluding tert-OH is 1. The van der Waals surface area contributed by atoms with Gasteiger partial charge < -0.3 is 26.2 Å². The standard InChI is InChI=1S/C28H34N4O6S/c1-28(2,32-17-26(35)21-8-11-25(34)24(15-21)31-18-33)16-20-4-3-5-22(14-20)27(36)30-13-12-19-6-9-23(10-7-19)39(29,37)38/h3-11,14-15,18,26,32,34-35H,12-13,16-17H2,1-2H3,(H,30,36)(H,31,33)(H2,29,37,38)/t26-/m0/s1. The van der Waals surface area contributed by atoms with E-state index in [0.717, 1.165) is 11.1 Å². The molecule has 208 valence electrons. The molecule has 0 saturated carbocycles. The lowest BCUT2D eigenvalue weighted by Crippen LogP contribution is -2.43. The molecule has 1 atom stereocenters. The van der Waals surface area contributed by atoms with Crippen LogP contribution < -0.4 is 21.1 Å². The van der Waals surface area contributed by atoms with Crippen LogP contribution in [0.15, 0.2) is 71.6 Å². The number of primary sulfonamides is 1. The summed E-state index contributed by atoms with van der Waals surface area (Å²) in [5.74, 6) is -0.305. The number of phenols is 1. The summed E-state index contributed by atoms with van der Waals surface area (Å²) < 4.78 is 22.7. The Morgan fingerprint density at radius 1 is 1.05 bits per heavy atom. The average molecular weight is 555 g/mol. The number of amides is 2. The lowest BCUT2D eigenvalue weighted by molar-refractivity contribution is -0.105. The van der Waals surface area contributed by atoms with Gasteiger partial charge in [-0.25, -0.2) is 13.6 Å². The maximum absolute atomic E-state index is 12.7.